The van der Waals surface area contributed by atoms with Crippen molar-refractivity contribution < 1.29 is 28.5 Å². The number of carbonyl (C=O) groups is 2. The van der Waals surface area contributed by atoms with Gasteiger partial charge in [0.25, 0.3) is 0 Å². The molecule has 10 atom stereocenters. The van der Waals surface area contributed by atoms with Gasteiger partial charge in [0.2, 0.25) is 0 Å². The van der Waals surface area contributed by atoms with Gasteiger partial charge in [-0.2, -0.15) is 0 Å². The summed E-state index contributed by atoms with van der Waals surface area (Å²) in [6.45, 7) is 11.0. The maximum atomic E-state index is 11.5. The summed E-state index contributed by atoms with van der Waals surface area (Å²) in [6.07, 6.45) is 21.0. The molecule has 0 aromatic heterocycles. The number of unbranched alkanes of at least 4 members (excludes halogenated alkanes) is 1. The Morgan fingerprint density at radius 2 is 1.88 bits per heavy atom. The van der Waals surface area contributed by atoms with Gasteiger partial charge < -0.3 is 18.9 Å². The maximum absolute atomic E-state index is 11.5. The van der Waals surface area contributed by atoms with Crippen LogP contribution in [0.1, 0.15) is 112 Å². The van der Waals surface area contributed by atoms with Gasteiger partial charge in [-0.3, -0.25) is 9.59 Å². The van der Waals surface area contributed by atoms with Gasteiger partial charge in [0.15, 0.2) is 6.29 Å². The monoisotopic (exact) mass is 582 g/mol. The molecule has 3 saturated carbocycles. The van der Waals surface area contributed by atoms with Gasteiger partial charge >= 0.3 is 11.9 Å². The van der Waals surface area contributed by atoms with Crippen LogP contribution in [0, 0.1) is 34.5 Å². The van der Waals surface area contributed by atoms with Crippen LogP contribution in [0.4, 0.5) is 0 Å². The minimum absolute atomic E-state index is 0.107. The molecule has 6 heteroatoms. The van der Waals surface area contributed by atoms with Crippen molar-refractivity contribution in [2.45, 2.75) is 136 Å². The fourth-order valence-corrected chi connectivity index (χ4v) is 9.83. The number of rotatable bonds is 9. The molecule has 0 bridgehead atoms. The van der Waals surface area contributed by atoms with E-state index in [4.69, 9.17) is 18.9 Å². The smallest absolute Gasteiger partial charge is 0.305 e. The Morgan fingerprint density at radius 1 is 1.07 bits per heavy atom. The Kier molecular flexibility index (Phi) is 9.73. The maximum Gasteiger partial charge on any atom is 0.305 e. The van der Waals surface area contributed by atoms with Crippen molar-refractivity contribution in [3.8, 4) is 0 Å². The lowest BCUT2D eigenvalue weighted by atomic mass is 9.47. The van der Waals surface area contributed by atoms with E-state index in [1.54, 1.807) is 11.1 Å². The van der Waals surface area contributed by atoms with E-state index in [1.165, 1.54) is 52.6 Å². The summed E-state index contributed by atoms with van der Waals surface area (Å²) in [5.74, 6) is 2.61. The number of hydrogen-bond acceptors (Lipinski definition) is 6. The minimum atomic E-state index is -0.379. The molecule has 4 aliphatic carbocycles. The summed E-state index contributed by atoms with van der Waals surface area (Å²) in [4.78, 5) is 23.0. The summed E-state index contributed by atoms with van der Waals surface area (Å²) in [5.41, 5.74) is 3.82. The third-order valence-corrected chi connectivity index (χ3v) is 12.1. The molecule has 5 unspecified atom stereocenters. The molecular formula is C36H54O6. The molecule has 0 spiro atoms. The van der Waals surface area contributed by atoms with Crippen LogP contribution in [-0.2, 0) is 28.5 Å². The molecule has 6 nitrogen and oxygen atoms in total. The quantitative estimate of drug-likeness (QED) is 0.157. The zero-order valence-corrected chi connectivity index (χ0v) is 26.9. The van der Waals surface area contributed by atoms with Crippen molar-refractivity contribution in [3.05, 3.63) is 35.5 Å². The Labute approximate surface area is 253 Å². The molecule has 3 fully saturated rings. The summed E-state index contributed by atoms with van der Waals surface area (Å²) >= 11 is 0. The molecule has 0 N–H and O–H groups in total. The van der Waals surface area contributed by atoms with Crippen molar-refractivity contribution >= 4 is 11.9 Å². The van der Waals surface area contributed by atoms with Gasteiger partial charge in [-0.15, -0.1) is 0 Å². The second-order valence-corrected chi connectivity index (χ2v) is 14.3. The van der Waals surface area contributed by atoms with Gasteiger partial charge in [-0.05, 0) is 124 Å². The molecule has 0 aromatic carbocycles. The number of ether oxygens (including phenoxy) is 4. The topological polar surface area (TPSA) is 71.1 Å². The van der Waals surface area contributed by atoms with Gasteiger partial charge in [0.1, 0.15) is 12.2 Å². The second kappa shape index (κ2) is 13.0. The first-order valence-corrected chi connectivity index (χ1v) is 16.7. The highest BCUT2D eigenvalue weighted by molar-refractivity contribution is 5.69. The average molecular weight is 583 g/mol. The van der Waals surface area contributed by atoms with Crippen LogP contribution in [0.15, 0.2) is 35.5 Å². The van der Waals surface area contributed by atoms with Crippen LogP contribution < -0.4 is 0 Å². The van der Waals surface area contributed by atoms with E-state index >= 15 is 0 Å². The van der Waals surface area contributed by atoms with E-state index in [0.29, 0.717) is 17.8 Å². The van der Waals surface area contributed by atoms with Crippen LogP contribution in [0.5, 0.6) is 0 Å². The van der Waals surface area contributed by atoms with E-state index in [2.05, 4.69) is 39.8 Å². The van der Waals surface area contributed by atoms with Crippen LogP contribution >= 0.6 is 0 Å². The van der Waals surface area contributed by atoms with Crippen LogP contribution in [-0.4, -0.2) is 43.7 Å². The third kappa shape index (κ3) is 6.18. The highest BCUT2D eigenvalue weighted by atomic mass is 16.7. The number of hydrogen-bond donors (Lipinski definition) is 0. The van der Waals surface area contributed by atoms with Crippen molar-refractivity contribution in [1.29, 1.82) is 0 Å². The third-order valence-electron chi connectivity index (χ3n) is 12.1. The molecule has 234 valence electrons. The van der Waals surface area contributed by atoms with E-state index in [0.717, 1.165) is 49.9 Å². The summed E-state index contributed by atoms with van der Waals surface area (Å²) in [6, 6.07) is 0. The zero-order valence-electron chi connectivity index (χ0n) is 26.9. The van der Waals surface area contributed by atoms with Crippen LogP contribution in [0.3, 0.4) is 0 Å². The van der Waals surface area contributed by atoms with E-state index < -0.39 is 0 Å². The van der Waals surface area contributed by atoms with E-state index in [-0.39, 0.29) is 42.0 Å². The molecule has 0 saturated heterocycles. The number of methoxy groups -OCH3 is 1. The lowest BCUT2D eigenvalue weighted by Crippen LogP contribution is -2.51. The summed E-state index contributed by atoms with van der Waals surface area (Å²) in [7, 11) is 1.47. The number of fused-ring (bicyclic) bond motifs is 5. The molecular weight excluding hydrogens is 528 g/mol. The average Bonchev–Trinajstić information content (AvgIpc) is 3.33. The van der Waals surface area contributed by atoms with Crippen LogP contribution in [0.2, 0.25) is 0 Å². The van der Waals surface area contributed by atoms with Crippen molar-refractivity contribution in [1.82, 2.24) is 0 Å². The van der Waals surface area contributed by atoms with Gasteiger partial charge in [0.05, 0.1) is 13.2 Å². The Hall–Kier alpha value is -1.92. The molecule has 5 rings (SSSR count). The first-order chi connectivity index (χ1) is 20.1. The normalized spacial score (nSPS) is 41.3. The zero-order chi connectivity index (χ0) is 30.1. The van der Waals surface area contributed by atoms with E-state index in [9.17, 15) is 9.59 Å². The fraction of sp³-hybridized carbons (Fsp3) is 0.778. The molecule has 0 radical (unpaired) electrons. The Balaban J connectivity index is 1.21. The van der Waals surface area contributed by atoms with Crippen molar-refractivity contribution in [2.24, 2.45) is 34.5 Å². The van der Waals surface area contributed by atoms with Gasteiger partial charge in [-0.25, -0.2) is 0 Å². The second-order valence-electron chi connectivity index (χ2n) is 14.3. The molecule has 0 amide bonds. The molecule has 0 aromatic rings. The molecule has 42 heavy (non-hydrogen) atoms. The SMILES string of the molecule is CC[C@H]1OC(OC2CC[C@@]3(C)C(=CCC4C3CC[C@@]3(C)C4CC[C@@H]3/C(C)=C/CCCC(=O)OC)C2)C=C[C@@H]1OC(C)=O. The Bertz CT molecular complexity index is 1090. The van der Waals surface area contributed by atoms with Gasteiger partial charge in [-0.1, -0.05) is 44.1 Å². The summed E-state index contributed by atoms with van der Waals surface area (Å²) < 4.78 is 22.9. The van der Waals surface area contributed by atoms with Crippen molar-refractivity contribution in [3.63, 3.8) is 0 Å². The molecule has 1 aliphatic heterocycles. The fourth-order valence-electron chi connectivity index (χ4n) is 9.83. The lowest BCUT2D eigenvalue weighted by molar-refractivity contribution is -0.204. The largest absolute Gasteiger partial charge is 0.469 e. The van der Waals surface area contributed by atoms with Crippen LogP contribution in [0.25, 0.3) is 0 Å². The molecule has 5 aliphatic rings. The van der Waals surface area contributed by atoms with Crippen molar-refractivity contribution in [2.75, 3.05) is 7.11 Å². The standard InChI is InChI=1S/C36H54O6/c1-7-31-32(40-24(3)37)16-17-34(42-31)41-26-18-20-35(4)25(22-26)12-13-27-29-15-14-28(36(29,5)21-19-30(27)35)23(2)10-8-9-11-33(38)39-6/h10,12,16-17,26-32,34H,7-9,11,13-15,18-22H2,1-6H3/b23-10+/t26?,27?,28-,29?,30?,31-,32+,34?,35+,36-/m1/s1. The lowest BCUT2D eigenvalue weighted by Gasteiger charge is -2.58. The summed E-state index contributed by atoms with van der Waals surface area (Å²) in [5, 5.41) is 0. The number of carbonyl (C=O) groups excluding carboxylic acids is 2. The first kappa shape index (κ1) is 31.5. The number of esters is 2. The van der Waals surface area contributed by atoms with Gasteiger partial charge in [0, 0.05) is 13.3 Å². The first-order valence-electron chi connectivity index (χ1n) is 16.7. The predicted molar refractivity (Wildman–Crippen MR) is 163 cm³/mol. The highest BCUT2D eigenvalue weighted by Gasteiger charge is 2.58. The Morgan fingerprint density at radius 3 is 2.62 bits per heavy atom. The minimum Gasteiger partial charge on any atom is -0.469 e. The molecule has 1 heterocycles. The predicted octanol–water partition coefficient (Wildman–Crippen LogP) is 7.86. The van der Waals surface area contributed by atoms with E-state index in [1.807, 2.05) is 12.2 Å². The highest BCUT2D eigenvalue weighted by Crippen LogP contribution is 2.67. The number of allylic oxidation sites excluding steroid dienone is 3.